The second kappa shape index (κ2) is 8.48. The van der Waals surface area contributed by atoms with Gasteiger partial charge in [-0.25, -0.2) is 0 Å². The molecule has 1 rings (SSSR count). The van der Waals surface area contributed by atoms with Crippen LogP contribution >= 0.6 is 0 Å². The van der Waals surface area contributed by atoms with Crippen molar-refractivity contribution in [2.45, 2.75) is 44.9 Å². The summed E-state index contributed by atoms with van der Waals surface area (Å²) < 4.78 is 5.19. The average molecular weight is 256 g/mol. The molecule has 0 aromatic carbocycles. The average Bonchev–Trinajstić information content (AvgIpc) is 2.84. The van der Waals surface area contributed by atoms with Crippen molar-refractivity contribution in [2.75, 3.05) is 33.9 Å². The van der Waals surface area contributed by atoms with Crippen LogP contribution in [-0.2, 0) is 9.53 Å². The van der Waals surface area contributed by atoms with Crippen molar-refractivity contribution in [3.63, 3.8) is 0 Å². The molecule has 0 aliphatic heterocycles. The van der Waals surface area contributed by atoms with Gasteiger partial charge < -0.3 is 15.4 Å². The van der Waals surface area contributed by atoms with Crippen molar-refractivity contribution >= 4 is 5.91 Å². The highest BCUT2D eigenvalue weighted by molar-refractivity contribution is 5.75. The van der Waals surface area contributed by atoms with Crippen molar-refractivity contribution in [1.29, 1.82) is 0 Å². The van der Waals surface area contributed by atoms with Crippen LogP contribution in [0.25, 0.3) is 0 Å². The van der Waals surface area contributed by atoms with E-state index in [9.17, 15) is 4.79 Å². The molecule has 0 unspecified atom stereocenters. The van der Waals surface area contributed by atoms with Crippen LogP contribution in [0, 0.1) is 5.41 Å². The van der Waals surface area contributed by atoms with Gasteiger partial charge in [-0.1, -0.05) is 12.8 Å². The van der Waals surface area contributed by atoms with Crippen LogP contribution in [0.5, 0.6) is 0 Å². The minimum atomic E-state index is 0.189. The van der Waals surface area contributed by atoms with E-state index in [0.29, 0.717) is 11.8 Å². The Hall–Kier alpha value is -0.610. The number of hydrogen-bond donors (Lipinski definition) is 2. The summed E-state index contributed by atoms with van der Waals surface area (Å²) in [6.07, 6.45) is 7.65. The van der Waals surface area contributed by atoms with Crippen LogP contribution in [0.3, 0.4) is 0 Å². The van der Waals surface area contributed by atoms with E-state index in [1.54, 1.807) is 7.11 Å². The van der Waals surface area contributed by atoms with Gasteiger partial charge >= 0.3 is 0 Å². The van der Waals surface area contributed by atoms with Gasteiger partial charge in [0.05, 0.1) is 0 Å². The maximum Gasteiger partial charge on any atom is 0.220 e. The van der Waals surface area contributed by atoms with Gasteiger partial charge in [0.15, 0.2) is 0 Å². The summed E-state index contributed by atoms with van der Waals surface area (Å²) in [5, 5.41) is 6.17. The Morgan fingerprint density at radius 2 is 2.06 bits per heavy atom. The van der Waals surface area contributed by atoms with E-state index in [2.05, 4.69) is 10.6 Å². The molecule has 1 aliphatic carbocycles. The Balaban J connectivity index is 2.26. The van der Waals surface area contributed by atoms with Gasteiger partial charge in [0, 0.05) is 26.7 Å². The van der Waals surface area contributed by atoms with Gasteiger partial charge in [0.2, 0.25) is 5.91 Å². The van der Waals surface area contributed by atoms with Gasteiger partial charge in [-0.2, -0.15) is 0 Å². The molecule has 1 saturated carbocycles. The maximum atomic E-state index is 11.7. The minimum absolute atomic E-state index is 0.189. The summed E-state index contributed by atoms with van der Waals surface area (Å²) in [4.78, 5) is 11.7. The molecule has 2 N–H and O–H groups in total. The lowest BCUT2D eigenvalue weighted by Gasteiger charge is -2.29. The Labute approximate surface area is 111 Å². The number of ether oxygens (including phenoxy) is 1. The van der Waals surface area contributed by atoms with E-state index >= 15 is 0 Å². The first-order valence-electron chi connectivity index (χ1n) is 7.13. The zero-order chi connectivity index (χ0) is 13.3. The second-order valence-corrected chi connectivity index (χ2v) is 5.43. The van der Waals surface area contributed by atoms with Crippen molar-refractivity contribution in [2.24, 2.45) is 5.41 Å². The van der Waals surface area contributed by atoms with Crippen LogP contribution < -0.4 is 10.6 Å². The molecule has 0 spiro atoms. The Morgan fingerprint density at radius 1 is 1.33 bits per heavy atom. The number of carbonyl (C=O) groups excluding carboxylic acids is 1. The summed E-state index contributed by atoms with van der Waals surface area (Å²) in [6.45, 7) is 2.53. The topological polar surface area (TPSA) is 50.4 Å². The normalized spacial score (nSPS) is 17.9. The first kappa shape index (κ1) is 15.4. The zero-order valence-electron chi connectivity index (χ0n) is 11.9. The predicted molar refractivity (Wildman–Crippen MR) is 73.6 cm³/mol. The molecule has 1 amide bonds. The predicted octanol–water partition coefficient (Wildman–Crippen LogP) is 1.70. The van der Waals surface area contributed by atoms with Crippen LogP contribution in [0.2, 0.25) is 0 Å². The van der Waals surface area contributed by atoms with Gasteiger partial charge in [-0.15, -0.1) is 0 Å². The molecule has 106 valence electrons. The number of rotatable bonds is 9. The standard InChI is InChI=1S/C14H28N2O2/c1-15-10-5-6-13(17)16-12-14(9-11-18-2)7-3-4-8-14/h15H,3-12H2,1-2H3,(H,16,17). The largest absolute Gasteiger partial charge is 0.385 e. The molecule has 0 saturated heterocycles. The van der Waals surface area contributed by atoms with Gasteiger partial charge in [-0.3, -0.25) is 4.79 Å². The highest BCUT2D eigenvalue weighted by Crippen LogP contribution is 2.40. The smallest absolute Gasteiger partial charge is 0.220 e. The van der Waals surface area contributed by atoms with E-state index in [1.165, 1.54) is 25.7 Å². The molecule has 0 bridgehead atoms. The molecule has 0 aromatic rings. The summed E-state index contributed by atoms with van der Waals surface area (Å²) in [6, 6.07) is 0. The third-order valence-corrected chi connectivity index (χ3v) is 3.99. The monoisotopic (exact) mass is 256 g/mol. The van der Waals surface area contributed by atoms with Crippen LogP contribution in [0.1, 0.15) is 44.9 Å². The SMILES string of the molecule is CNCCCC(=O)NCC1(CCOC)CCCC1. The number of amides is 1. The van der Waals surface area contributed by atoms with E-state index in [1.807, 2.05) is 7.05 Å². The van der Waals surface area contributed by atoms with Crippen LogP contribution in [-0.4, -0.2) is 39.8 Å². The fraction of sp³-hybridized carbons (Fsp3) is 0.929. The van der Waals surface area contributed by atoms with E-state index in [0.717, 1.165) is 32.5 Å². The van der Waals surface area contributed by atoms with E-state index in [4.69, 9.17) is 4.74 Å². The lowest BCUT2D eigenvalue weighted by molar-refractivity contribution is -0.121. The van der Waals surface area contributed by atoms with Gasteiger partial charge in [-0.05, 0) is 44.7 Å². The molecule has 1 fully saturated rings. The first-order chi connectivity index (χ1) is 8.72. The van der Waals surface area contributed by atoms with Gasteiger partial charge in [0.1, 0.15) is 0 Å². The molecule has 4 nitrogen and oxygen atoms in total. The fourth-order valence-corrected chi connectivity index (χ4v) is 2.76. The van der Waals surface area contributed by atoms with Crippen molar-refractivity contribution in [1.82, 2.24) is 10.6 Å². The number of hydrogen-bond acceptors (Lipinski definition) is 3. The number of carbonyl (C=O) groups is 1. The highest BCUT2D eigenvalue weighted by Gasteiger charge is 2.33. The van der Waals surface area contributed by atoms with E-state index < -0.39 is 0 Å². The number of methoxy groups -OCH3 is 1. The first-order valence-corrected chi connectivity index (χ1v) is 7.13. The molecule has 0 aromatic heterocycles. The van der Waals surface area contributed by atoms with Gasteiger partial charge in [0.25, 0.3) is 0 Å². The van der Waals surface area contributed by atoms with Crippen LogP contribution in [0.4, 0.5) is 0 Å². The lowest BCUT2D eigenvalue weighted by atomic mass is 9.83. The Morgan fingerprint density at radius 3 is 2.67 bits per heavy atom. The fourth-order valence-electron chi connectivity index (χ4n) is 2.76. The van der Waals surface area contributed by atoms with Crippen molar-refractivity contribution < 1.29 is 9.53 Å². The second-order valence-electron chi connectivity index (χ2n) is 5.43. The maximum absolute atomic E-state index is 11.7. The van der Waals surface area contributed by atoms with Crippen molar-refractivity contribution in [3.8, 4) is 0 Å². The van der Waals surface area contributed by atoms with E-state index in [-0.39, 0.29) is 5.91 Å². The molecule has 0 atom stereocenters. The van der Waals surface area contributed by atoms with Crippen molar-refractivity contribution in [3.05, 3.63) is 0 Å². The summed E-state index contributed by atoms with van der Waals surface area (Å²) >= 11 is 0. The summed E-state index contributed by atoms with van der Waals surface area (Å²) in [5.41, 5.74) is 0.300. The molecule has 1 aliphatic rings. The lowest BCUT2D eigenvalue weighted by Crippen LogP contribution is -2.36. The molecule has 0 heterocycles. The zero-order valence-corrected chi connectivity index (χ0v) is 11.9. The quantitative estimate of drug-likeness (QED) is 0.617. The molecule has 4 heteroatoms. The highest BCUT2D eigenvalue weighted by atomic mass is 16.5. The molecular formula is C14H28N2O2. The Bertz CT molecular complexity index is 238. The Kier molecular flexibility index (Phi) is 7.28. The molecular weight excluding hydrogens is 228 g/mol. The van der Waals surface area contributed by atoms with Crippen LogP contribution in [0.15, 0.2) is 0 Å². The third-order valence-electron chi connectivity index (χ3n) is 3.99. The molecule has 18 heavy (non-hydrogen) atoms. The number of nitrogens with one attached hydrogen (secondary N) is 2. The molecule has 0 radical (unpaired) electrons. The summed E-state index contributed by atoms with van der Waals surface area (Å²) in [5.74, 6) is 0.189. The summed E-state index contributed by atoms with van der Waals surface area (Å²) in [7, 11) is 3.66. The third kappa shape index (κ3) is 5.36. The minimum Gasteiger partial charge on any atom is -0.385 e.